The van der Waals surface area contributed by atoms with Gasteiger partial charge in [0.1, 0.15) is 0 Å². The molecule has 6 atom stereocenters. The van der Waals surface area contributed by atoms with Gasteiger partial charge in [-0.1, -0.05) is 119 Å². The summed E-state index contributed by atoms with van der Waals surface area (Å²) in [5.74, 6) is 0.00946. The number of hydrogen-bond acceptors (Lipinski definition) is 11. The number of rotatable bonds is 16. The highest BCUT2D eigenvalue weighted by Gasteiger charge is 2.63. The molecule has 422 valence electrons. The zero-order chi connectivity index (χ0) is 56.7. The number of ketones is 2. The first kappa shape index (κ1) is 64.3. The van der Waals surface area contributed by atoms with E-state index < -0.39 is 65.6 Å². The average molecular weight is 1130 g/mol. The number of aliphatic hydroxyl groups excluding tert-OH is 1. The van der Waals surface area contributed by atoms with Gasteiger partial charge in [-0.15, -0.1) is 0 Å². The quantitative estimate of drug-likeness (QED) is 0.109. The number of Topliss-reactive ketones (excluding diaryl/α,β-unsaturated/α-hetero) is 2. The first-order valence-electron chi connectivity index (χ1n) is 26.7. The number of carbonyl (C=O) groups excluding carboxylic acids is 2. The molecular weight excluding hydrogens is 1030 g/mol. The molecule has 6 rings (SSSR count). The second-order valence-electron chi connectivity index (χ2n) is 27.6. The van der Waals surface area contributed by atoms with E-state index in [9.17, 15) is 36.3 Å². The highest BCUT2D eigenvalue weighted by molar-refractivity contribution is 7.88. The number of carbonyl (C=O) groups is 2. The molecule has 2 aromatic carbocycles. The number of hydrogen-bond donors (Lipinski definition) is 3. The van der Waals surface area contributed by atoms with Crippen LogP contribution < -0.4 is 10.6 Å². The van der Waals surface area contributed by atoms with Crippen molar-refractivity contribution in [2.45, 2.75) is 248 Å². The predicted octanol–water partition coefficient (Wildman–Crippen LogP) is 14.6. The topological polar surface area (TPSA) is 149 Å². The minimum Gasteiger partial charge on any atom is -0.410 e. The fraction of sp³-hybridized carbons (Fsp3) is 0.745. The largest absolute Gasteiger partial charge is 0.522 e. The van der Waals surface area contributed by atoms with Crippen LogP contribution in [-0.4, -0.2) is 99.4 Å². The third-order valence-electron chi connectivity index (χ3n) is 17.6. The molecule has 0 aliphatic heterocycles. The summed E-state index contributed by atoms with van der Waals surface area (Å²) in [6.07, 6.45) is 6.10. The molecule has 0 bridgehead atoms. The summed E-state index contributed by atoms with van der Waals surface area (Å²) in [4.78, 5) is 26.7. The number of anilines is 2. The maximum Gasteiger partial charge on any atom is 0.522 e. The van der Waals surface area contributed by atoms with E-state index in [-0.39, 0.29) is 56.5 Å². The van der Waals surface area contributed by atoms with Crippen molar-refractivity contribution in [3.05, 3.63) is 60.7 Å². The highest BCUT2D eigenvalue weighted by Crippen LogP contribution is 2.56. The summed E-state index contributed by atoms with van der Waals surface area (Å²) in [6.45, 7) is 41.9. The van der Waals surface area contributed by atoms with Gasteiger partial charge in [0.15, 0.2) is 36.5 Å². The molecule has 4 fully saturated rings. The normalized spacial score (nSPS) is 23.5. The molecule has 0 heterocycles. The van der Waals surface area contributed by atoms with E-state index in [2.05, 4.69) is 116 Å². The maximum atomic E-state index is 13.8. The van der Waals surface area contributed by atoms with Crippen LogP contribution in [0.4, 0.5) is 24.5 Å². The van der Waals surface area contributed by atoms with E-state index in [1.807, 2.05) is 60.7 Å². The Morgan fingerprint density at radius 1 is 0.541 bits per heavy atom. The standard InChI is InChI=1S/C27H47NO3Si2.C21H33NO3Si.C7H15F3O3SSi/c1-25(2,3)32(7,8)30-24(27(18-19-27)31-33(9,10)26(4,5)6)21-16-17-22(23(21)29)28-20-14-12-11-13-15-20;1-20(2,3)26(4,5)25-21(13-14-21)19(24)16-11-12-17(18(16)23)22-15-9-7-6-8-10-15;1-6(2,3)15(4,5)13-14(11,12)7(8,9)10/h11-15,21-22,24,28H,16-19H2,1-10H3;6-10,16-17,19,22,24H,11-14H2,1-5H3;1-5H3. The Morgan fingerprint density at radius 2 is 0.878 bits per heavy atom. The van der Waals surface area contributed by atoms with Gasteiger partial charge in [0.05, 0.1) is 35.5 Å². The number of alkyl halides is 3. The smallest absolute Gasteiger partial charge is 0.410 e. The summed E-state index contributed by atoms with van der Waals surface area (Å²) in [7, 11) is -14.5. The van der Waals surface area contributed by atoms with E-state index >= 15 is 0 Å². The Labute approximate surface area is 448 Å². The maximum absolute atomic E-state index is 13.8. The monoisotopic (exact) mass is 1130 g/mol. The Balaban J connectivity index is 0.000000258. The first-order valence-corrected chi connectivity index (χ1v) is 39.8. The highest BCUT2D eigenvalue weighted by atomic mass is 32.2. The molecule has 4 saturated carbocycles. The van der Waals surface area contributed by atoms with Crippen LogP contribution in [0.2, 0.25) is 72.5 Å². The van der Waals surface area contributed by atoms with Gasteiger partial charge in [0.25, 0.3) is 0 Å². The van der Waals surface area contributed by atoms with E-state index in [1.165, 1.54) is 13.1 Å². The molecule has 4 aliphatic rings. The lowest BCUT2D eigenvalue weighted by molar-refractivity contribution is -0.128. The second-order valence-corrected chi connectivity index (χ2v) is 48.4. The number of para-hydroxylation sites is 2. The summed E-state index contributed by atoms with van der Waals surface area (Å²) >= 11 is 0. The number of halogens is 3. The van der Waals surface area contributed by atoms with E-state index in [1.54, 1.807) is 20.8 Å². The van der Waals surface area contributed by atoms with Crippen molar-refractivity contribution in [2.24, 2.45) is 11.8 Å². The van der Waals surface area contributed by atoms with Gasteiger partial charge in [-0.2, -0.15) is 21.6 Å². The lowest BCUT2D eigenvalue weighted by Gasteiger charge is -2.47. The van der Waals surface area contributed by atoms with Crippen molar-refractivity contribution in [1.82, 2.24) is 0 Å². The molecule has 0 radical (unpaired) electrons. The minimum atomic E-state index is -5.48. The van der Waals surface area contributed by atoms with Crippen LogP contribution in [0.1, 0.15) is 134 Å². The Kier molecular flexibility index (Phi) is 19.6. The zero-order valence-electron chi connectivity index (χ0n) is 48.6. The van der Waals surface area contributed by atoms with E-state index in [0.29, 0.717) is 5.78 Å². The van der Waals surface area contributed by atoms with Crippen LogP contribution in [0.25, 0.3) is 0 Å². The number of aliphatic hydroxyl groups is 1. The summed E-state index contributed by atoms with van der Waals surface area (Å²) in [6, 6.07) is 19.6. The first-order chi connectivity index (χ1) is 33.3. The molecule has 2 aromatic rings. The van der Waals surface area contributed by atoms with Crippen molar-refractivity contribution in [2.75, 3.05) is 10.6 Å². The van der Waals surface area contributed by atoms with Gasteiger partial charge in [-0.3, -0.25) is 9.59 Å². The summed E-state index contributed by atoms with van der Waals surface area (Å²) in [5.41, 5.74) is -4.18. The fourth-order valence-corrected chi connectivity index (χ4v) is 16.7. The Bertz CT molecular complexity index is 2320. The van der Waals surface area contributed by atoms with Gasteiger partial charge < -0.3 is 32.9 Å². The molecule has 74 heavy (non-hydrogen) atoms. The average Bonchev–Trinajstić information content (AvgIpc) is 4.13. The Hall–Kier alpha value is -2.21. The summed E-state index contributed by atoms with van der Waals surface area (Å²) in [5, 5.41) is 17.6. The lowest BCUT2D eigenvalue weighted by Crippen LogP contribution is -2.56. The zero-order valence-corrected chi connectivity index (χ0v) is 53.5. The molecule has 0 spiro atoms. The fourth-order valence-electron chi connectivity index (χ4n) is 8.49. The van der Waals surface area contributed by atoms with E-state index in [4.69, 9.17) is 13.3 Å². The molecule has 0 amide bonds. The number of benzene rings is 2. The molecule has 11 nitrogen and oxygen atoms in total. The van der Waals surface area contributed by atoms with Crippen LogP contribution in [0.3, 0.4) is 0 Å². The summed E-state index contributed by atoms with van der Waals surface area (Å²) < 4.78 is 82.9. The molecule has 0 aromatic heterocycles. The number of nitrogens with one attached hydrogen (secondary N) is 2. The molecule has 0 saturated heterocycles. The van der Waals surface area contributed by atoms with Gasteiger partial charge in [0.2, 0.25) is 8.32 Å². The SMILES string of the molecule is CC(C)(C)[Si](C)(C)OC(C1CCC(Nc2ccccc2)C1=O)C1(O[Si](C)(C)C(C)(C)C)CC1.CC(C)(C)[Si](C)(C)OC1(C(O)C2CCC(Nc3ccccc3)C2=O)CC1.CC(C)(C)[Si](C)(C)OS(=O)(=O)C(F)(F)F. The van der Waals surface area contributed by atoms with E-state index in [0.717, 1.165) is 62.7 Å². The van der Waals surface area contributed by atoms with Gasteiger partial charge >= 0.3 is 15.6 Å². The van der Waals surface area contributed by atoms with Crippen molar-refractivity contribution < 1.29 is 53.4 Å². The second kappa shape index (κ2) is 22.5. The van der Waals surface area contributed by atoms with Crippen LogP contribution >= 0.6 is 0 Å². The molecular formula is C55H95F3N2O9SSi4. The van der Waals surface area contributed by atoms with Crippen LogP contribution in [0, 0.1) is 11.8 Å². The van der Waals surface area contributed by atoms with Gasteiger partial charge in [-0.25, -0.2) is 0 Å². The van der Waals surface area contributed by atoms with Crippen molar-refractivity contribution in [3.63, 3.8) is 0 Å². The third-order valence-corrected chi connectivity index (χ3v) is 37.9. The van der Waals surface area contributed by atoms with Crippen LogP contribution in [-0.2, 0) is 36.9 Å². The van der Waals surface area contributed by atoms with Crippen LogP contribution in [0.5, 0.6) is 0 Å². The van der Waals surface area contributed by atoms with Crippen molar-refractivity contribution >= 4 is 66.3 Å². The minimum absolute atomic E-state index is 0.0850. The molecule has 19 heteroatoms. The molecule has 3 N–H and O–H groups in total. The third kappa shape index (κ3) is 15.5. The van der Waals surface area contributed by atoms with Crippen LogP contribution in [0.15, 0.2) is 60.7 Å². The Morgan fingerprint density at radius 3 is 1.22 bits per heavy atom. The lowest BCUT2D eigenvalue weighted by atomic mass is 9.93. The van der Waals surface area contributed by atoms with Gasteiger partial charge in [0, 0.05) is 23.2 Å². The predicted molar refractivity (Wildman–Crippen MR) is 305 cm³/mol. The van der Waals surface area contributed by atoms with Gasteiger partial charge in [-0.05, 0) is 148 Å². The van der Waals surface area contributed by atoms with Crippen molar-refractivity contribution in [3.8, 4) is 0 Å². The molecule has 4 aliphatic carbocycles. The van der Waals surface area contributed by atoms with Crippen molar-refractivity contribution in [1.29, 1.82) is 0 Å². The molecule has 6 unspecified atom stereocenters.